The molecule has 0 aliphatic heterocycles. The minimum atomic E-state index is -1.12. The van der Waals surface area contributed by atoms with Gasteiger partial charge in [0, 0.05) is 6.42 Å². The van der Waals surface area contributed by atoms with Gasteiger partial charge in [-0.2, -0.15) is 0 Å². The number of carboxylic acids is 1. The Labute approximate surface area is 215 Å². The predicted molar refractivity (Wildman–Crippen MR) is 143 cm³/mol. The SMILES string of the molecule is CCCCCCCCCCCC(=O)N[C@@H](CC(=O)O)C(=O)OCCCCCCCCCCC(C)C. The molecule has 0 bridgehead atoms. The first-order valence-corrected chi connectivity index (χ1v) is 14.5. The molecular weight excluding hydrogens is 442 g/mol. The molecule has 0 fully saturated rings. The number of esters is 1. The smallest absolute Gasteiger partial charge is 0.329 e. The van der Waals surface area contributed by atoms with Crippen molar-refractivity contribution in [3.63, 3.8) is 0 Å². The number of carbonyl (C=O) groups is 3. The van der Waals surface area contributed by atoms with Crippen LogP contribution in [-0.2, 0) is 19.1 Å². The van der Waals surface area contributed by atoms with E-state index in [0.717, 1.165) is 44.4 Å². The Bertz CT molecular complexity index is 535. The second-order valence-electron chi connectivity index (χ2n) is 10.5. The fraction of sp³-hybridized carbons (Fsp3) is 0.897. The highest BCUT2D eigenvalue weighted by Gasteiger charge is 2.24. The number of nitrogens with one attached hydrogen (secondary N) is 1. The second-order valence-corrected chi connectivity index (χ2v) is 10.5. The van der Waals surface area contributed by atoms with Gasteiger partial charge in [-0.1, -0.05) is 124 Å². The molecule has 0 aromatic carbocycles. The van der Waals surface area contributed by atoms with Crippen molar-refractivity contribution < 1.29 is 24.2 Å². The molecule has 2 N–H and O–H groups in total. The largest absolute Gasteiger partial charge is 0.481 e. The van der Waals surface area contributed by atoms with Crippen LogP contribution < -0.4 is 5.32 Å². The molecule has 0 saturated heterocycles. The fourth-order valence-corrected chi connectivity index (χ4v) is 4.22. The summed E-state index contributed by atoms with van der Waals surface area (Å²) in [4.78, 5) is 35.7. The highest BCUT2D eigenvalue weighted by atomic mass is 16.5. The lowest BCUT2D eigenvalue weighted by atomic mass is 10.0. The molecule has 0 unspecified atom stereocenters. The van der Waals surface area contributed by atoms with Crippen molar-refractivity contribution in [1.82, 2.24) is 5.32 Å². The number of hydrogen-bond acceptors (Lipinski definition) is 4. The molecule has 0 heterocycles. The van der Waals surface area contributed by atoms with Crippen molar-refractivity contribution in [3.8, 4) is 0 Å². The van der Waals surface area contributed by atoms with Crippen LogP contribution in [0.2, 0.25) is 0 Å². The van der Waals surface area contributed by atoms with Gasteiger partial charge in [0.15, 0.2) is 0 Å². The first-order chi connectivity index (χ1) is 16.9. The Kier molecular flexibility index (Phi) is 23.0. The van der Waals surface area contributed by atoms with Gasteiger partial charge in [0.1, 0.15) is 6.04 Å². The monoisotopic (exact) mass is 497 g/mol. The van der Waals surface area contributed by atoms with Gasteiger partial charge in [0.05, 0.1) is 13.0 Å². The number of unbranched alkanes of at least 4 members (excludes halogenated alkanes) is 15. The molecule has 0 aromatic heterocycles. The van der Waals surface area contributed by atoms with Crippen molar-refractivity contribution in [2.45, 2.75) is 155 Å². The van der Waals surface area contributed by atoms with Crippen LogP contribution in [0.3, 0.4) is 0 Å². The van der Waals surface area contributed by atoms with Crippen molar-refractivity contribution in [1.29, 1.82) is 0 Å². The summed E-state index contributed by atoms with van der Waals surface area (Å²) in [5.41, 5.74) is 0. The fourth-order valence-electron chi connectivity index (χ4n) is 4.22. The Balaban J connectivity index is 3.89. The summed E-state index contributed by atoms with van der Waals surface area (Å²) >= 11 is 0. The van der Waals surface area contributed by atoms with Crippen LogP contribution in [0, 0.1) is 5.92 Å². The lowest BCUT2D eigenvalue weighted by Crippen LogP contribution is -2.43. The Hall–Kier alpha value is -1.59. The van der Waals surface area contributed by atoms with E-state index in [4.69, 9.17) is 9.84 Å². The molecule has 6 nitrogen and oxygen atoms in total. The van der Waals surface area contributed by atoms with E-state index in [9.17, 15) is 14.4 Å². The minimum absolute atomic E-state index is 0.274. The van der Waals surface area contributed by atoms with Crippen molar-refractivity contribution in [3.05, 3.63) is 0 Å². The van der Waals surface area contributed by atoms with Crippen molar-refractivity contribution in [2.75, 3.05) is 6.61 Å². The summed E-state index contributed by atoms with van der Waals surface area (Å²) in [6.07, 6.45) is 20.9. The van der Waals surface area contributed by atoms with Gasteiger partial charge in [0.25, 0.3) is 0 Å². The number of hydrogen-bond donors (Lipinski definition) is 2. The molecule has 0 saturated carbocycles. The van der Waals surface area contributed by atoms with E-state index in [0.29, 0.717) is 6.42 Å². The molecule has 1 atom stereocenters. The standard InChI is InChI=1S/C29H55NO5/c1-4-5-6-7-8-9-13-16-19-22-27(31)30-26(24-28(32)33)29(34)35-23-20-17-14-11-10-12-15-18-21-25(2)3/h25-26H,4-24H2,1-3H3,(H,30,31)(H,32,33)/t26-/m0/s1. The van der Waals surface area contributed by atoms with E-state index in [2.05, 4.69) is 26.1 Å². The molecule has 6 heteroatoms. The predicted octanol–water partition coefficient (Wildman–Crippen LogP) is 7.58. The topological polar surface area (TPSA) is 92.7 Å². The first kappa shape index (κ1) is 33.4. The quantitative estimate of drug-likeness (QED) is 0.100. The van der Waals surface area contributed by atoms with Crippen molar-refractivity contribution >= 4 is 17.8 Å². The summed E-state index contributed by atoms with van der Waals surface area (Å²) in [5.74, 6) is -1.24. The Morgan fingerprint density at radius 1 is 0.714 bits per heavy atom. The maximum absolute atomic E-state index is 12.3. The van der Waals surface area contributed by atoms with Crippen LogP contribution in [0.25, 0.3) is 0 Å². The molecular formula is C29H55NO5. The molecule has 0 rings (SSSR count). The molecule has 0 aliphatic rings. The number of rotatable bonds is 25. The van der Waals surface area contributed by atoms with Crippen LogP contribution in [0.15, 0.2) is 0 Å². The summed E-state index contributed by atoms with van der Waals surface area (Å²) < 4.78 is 5.27. The van der Waals surface area contributed by atoms with Crippen LogP contribution in [0.5, 0.6) is 0 Å². The summed E-state index contributed by atoms with van der Waals surface area (Å²) in [5, 5.41) is 11.7. The lowest BCUT2D eigenvalue weighted by molar-refractivity contribution is -0.151. The van der Waals surface area contributed by atoms with Gasteiger partial charge in [-0.05, 0) is 18.8 Å². The second kappa shape index (κ2) is 24.1. The molecule has 0 aromatic rings. The number of amides is 1. The zero-order chi connectivity index (χ0) is 26.2. The van der Waals surface area contributed by atoms with Crippen LogP contribution in [0.1, 0.15) is 149 Å². The number of carbonyl (C=O) groups excluding carboxylic acids is 2. The maximum atomic E-state index is 12.3. The van der Waals surface area contributed by atoms with Gasteiger partial charge in [-0.15, -0.1) is 0 Å². The van der Waals surface area contributed by atoms with E-state index in [1.165, 1.54) is 77.0 Å². The van der Waals surface area contributed by atoms with E-state index >= 15 is 0 Å². The number of ether oxygens (including phenoxy) is 1. The molecule has 0 radical (unpaired) electrons. The zero-order valence-electron chi connectivity index (χ0n) is 23.1. The van der Waals surface area contributed by atoms with Gasteiger partial charge in [-0.3, -0.25) is 9.59 Å². The van der Waals surface area contributed by atoms with Crippen LogP contribution in [-0.4, -0.2) is 35.6 Å². The normalized spacial score (nSPS) is 12.0. The average molecular weight is 498 g/mol. The van der Waals surface area contributed by atoms with Gasteiger partial charge in [0.2, 0.25) is 5.91 Å². The third-order valence-corrected chi connectivity index (χ3v) is 6.43. The first-order valence-electron chi connectivity index (χ1n) is 14.5. The van der Waals surface area contributed by atoms with Gasteiger partial charge in [-0.25, -0.2) is 4.79 Å². The maximum Gasteiger partial charge on any atom is 0.329 e. The molecule has 206 valence electrons. The van der Waals surface area contributed by atoms with E-state index < -0.39 is 24.4 Å². The third kappa shape index (κ3) is 23.9. The highest BCUT2D eigenvalue weighted by molar-refractivity contribution is 5.87. The Morgan fingerprint density at radius 3 is 1.71 bits per heavy atom. The average Bonchev–Trinajstić information content (AvgIpc) is 2.80. The third-order valence-electron chi connectivity index (χ3n) is 6.43. The van der Waals surface area contributed by atoms with E-state index in [-0.39, 0.29) is 12.5 Å². The Morgan fingerprint density at radius 2 is 1.20 bits per heavy atom. The molecule has 0 spiro atoms. The highest BCUT2D eigenvalue weighted by Crippen LogP contribution is 2.13. The van der Waals surface area contributed by atoms with Crippen LogP contribution >= 0.6 is 0 Å². The minimum Gasteiger partial charge on any atom is -0.481 e. The molecule has 35 heavy (non-hydrogen) atoms. The molecule has 1 amide bonds. The lowest BCUT2D eigenvalue weighted by Gasteiger charge is -2.16. The van der Waals surface area contributed by atoms with Gasteiger partial charge < -0.3 is 15.2 Å². The van der Waals surface area contributed by atoms with Crippen molar-refractivity contribution in [2.24, 2.45) is 5.92 Å². The summed E-state index contributed by atoms with van der Waals surface area (Å²) in [6, 6.07) is -1.11. The zero-order valence-corrected chi connectivity index (χ0v) is 23.1. The van der Waals surface area contributed by atoms with E-state index in [1.54, 1.807) is 0 Å². The van der Waals surface area contributed by atoms with Gasteiger partial charge >= 0.3 is 11.9 Å². The van der Waals surface area contributed by atoms with Crippen LogP contribution in [0.4, 0.5) is 0 Å². The molecule has 0 aliphatic carbocycles. The number of aliphatic carboxylic acids is 1. The van der Waals surface area contributed by atoms with E-state index in [1.807, 2.05) is 0 Å². The number of carboxylic acid groups (broad SMARTS) is 1. The summed E-state index contributed by atoms with van der Waals surface area (Å²) in [6.45, 7) is 7.02. The summed E-state index contributed by atoms with van der Waals surface area (Å²) in [7, 11) is 0.